The van der Waals surface area contributed by atoms with Crippen LogP contribution in [0, 0.1) is 5.92 Å². The molecule has 21 heavy (non-hydrogen) atoms. The lowest BCUT2D eigenvalue weighted by Gasteiger charge is -2.30. The molecule has 0 bridgehead atoms. The Hall–Kier alpha value is -2.10. The lowest BCUT2D eigenvalue weighted by molar-refractivity contribution is -0.136. The minimum atomic E-state index is 0.0512. The van der Waals surface area contributed by atoms with Gasteiger partial charge in [0.15, 0.2) is 0 Å². The molecule has 0 fully saturated rings. The zero-order valence-electron chi connectivity index (χ0n) is 12.6. The van der Waals surface area contributed by atoms with Crippen molar-refractivity contribution >= 4 is 5.91 Å². The van der Waals surface area contributed by atoms with Gasteiger partial charge in [0.1, 0.15) is 5.82 Å². The first-order valence-corrected chi connectivity index (χ1v) is 7.51. The zero-order chi connectivity index (χ0) is 14.8. The van der Waals surface area contributed by atoms with E-state index in [1.54, 1.807) is 0 Å². The lowest BCUT2D eigenvalue weighted by atomic mass is 10.1. The van der Waals surface area contributed by atoms with E-state index in [0.717, 1.165) is 25.3 Å². The number of rotatable bonds is 3. The summed E-state index contributed by atoms with van der Waals surface area (Å²) in [6.45, 7) is 6.15. The Kier molecular flexibility index (Phi) is 3.78. The molecule has 2 aromatic rings. The molecular formula is C17H21N3O. The molecule has 0 spiro atoms. The zero-order valence-corrected chi connectivity index (χ0v) is 12.6. The molecule has 1 aromatic heterocycles. The van der Waals surface area contributed by atoms with Crippen LogP contribution in [0.2, 0.25) is 0 Å². The Labute approximate surface area is 125 Å². The molecule has 4 heteroatoms. The Bertz CT molecular complexity index is 631. The summed E-state index contributed by atoms with van der Waals surface area (Å²) in [6, 6.07) is 10.4. The second-order valence-corrected chi connectivity index (χ2v) is 5.89. The van der Waals surface area contributed by atoms with Gasteiger partial charge >= 0.3 is 0 Å². The monoisotopic (exact) mass is 283 g/mol. The van der Waals surface area contributed by atoms with Crippen LogP contribution >= 0.6 is 0 Å². The van der Waals surface area contributed by atoms with Crippen LogP contribution in [0.3, 0.4) is 0 Å². The topological polar surface area (TPSA) is 38.1 Å². The molecule has 4 nitrogen and oxygen atoms in total. The number of imidazole rings is 1. The Balaban J connectivity index is 1.76. The van der Waals surface area contributed by atoms with Gasteiger partial charge in [0.05, 0.1) is 6.54 Å². The summed E-state index contributed by atoms with van der Waals surface area (Å²) in [5, 5.41) is 0. The van der Waals surface area contributed by atoms with Crippen molar-refractivity contribution in [2.24, 2.45) is 5.92 Å². The number of hydrogen-bond acceptors (Lipinski definition) is 2. The van der Waals surface area contributed by atoms with Crippen LogP contribution in [-0.4, -0.2) is 26.9 Å². The smallest absolute Gasteiger partial charge is 0.225 e. The molecule has 2 heterocycles. The van der Waals surface area contributed by atoms with E-state index in [2.05, 4.69) is 33.8 Å². The van der Waals surface area contributed by atoms with Crippen LogP contribution < -0.4 is 0 Å². The number of carbonyl (C=O) groups excluding carboxylic acids is 1. The van der Waals surface area contributed by atoms with Crippen LogP contribution in [0.25, 0.3) is 0 Å². The van der Waals surface area contributed by atoms with E-state index in [9.17, 15) is 4.79 Å². The normalized spacial score (nSPS) is 14.3. The fraction of sp³-hybridized carbons (Fsp3) is 0.412. The van der Waals surface area contributed by atoms with Crippen molar-refractivity contribution in [3.8, 4) is 0 Å². The Morgan fingerprint density at radius 3 is 2.71 bits per heavy atom. The molecule has 1 amide bonds. The SMILES string of the molecule is CC(C)C(=O)N1CCn2c(Cc3ccccc3)cnc2C1. The van der Waals surface area contributed by atoms with Gasteiger partial charge in [-0.3, -0.25) is 4.79 Å². The molecular weight excluding hydrogens is 262 g/mol. The number of hydrogen-bond donors (Lipinski definition) is 0. The number of carbonyl (C=O) groups is 1. The highest BCUT2D eigenvalue weighted by Crippen LogP contribution is 2.18. The van der Waals surface area contributed by atoms with Crippen LogP contribution in [0.1, 0.15) is 30.9 Å². The predicted molar refractivity (Wildman–Crippen MR) is 81.7 cm³/mol. The van der Waals surface area contributed by atoms with Crippen molar-refractivity contribution in [1.29, 1.82) is 0 Å². The maximum absolute atomic E-state index is 12.1. The highest BCUT2D eigenvalue weighted by atomic mass is 16.2. The summed E-state index contributed by atoms with van der Waals surface area (Å²) >= 11 is 0. The van der Waals surface area contributed by atoms with Crippen LogP contribution in [0.15, 0.2) is 36.5 Å². The second kappa shape index (κ2) is 5.72. The number of amides is 1. The van der Waals surface area contributed by atoms with Crippen LogP contribution in [0.5, 0.6) is 0 Å². The third-order valence-electron chi connectivity index (χ3n) is 3.98. The number of aromatic nitrogens is 2. The maximum atomic E-state index is 12.1. The van der Waals surface area contributed by atoms with Gasteiger partial charge in [-0.25, -0.2) is 4.98 Å². The van der Waals surface area contributed by atoms with Gasteiger partial charge in [-0.15, -0.1) is 0 Å². The van der Waals surface area contributed by atoms with Crippen LogP contribution in [0.4, 0.5) is 0 Å². The van der Waals surface area contributed by atoms with E-state index in [0.29, 0.717) is 6.54 Å². The van der Waals surface area contributed by atoms with Gasteiger partial charge in [-0.1, -0.05) is 44.2 Å². The standard InChI is InChI=1S/C17H21N3O/c1-13(2)17(21)19-8-9-20-15(11-18-16(20)12-19)10-14-6-4-3-5-7-14/h3-7,11,13H,8-10,12H2,1-2H3. The summed E-state index contributed by atoms with van der Waals surface area (Å²) in [6.07, 6.45) is 2.84. The number of nitrogens with zero attached hydrogens (tertiary/aromatic N) is 3. The van der Waals surface area contributed by atoms with Gasteiger partial charge < -0.3 is 9.47 Å². The molecule has 1 aliphatic heterocycles. The van der Waals surface area contributed by atoms with Crippen molar-refractivity contribution in [3.05, 3.63) is 53.6 Å². The third-order valence-corrected chi connectivity index (χ3v) is 3.98. The van der Waals surface area contributed by atoms with Gasteiger partial charge in [0, 0.05) is 37.3 Å². The molecule has 0 saturated heterocycles. The molecule has 1 aromatic carbocycles. The molecule has 0 aliphatic carbocycles. The molecule has 0 atom stereocenters. The fourth-order valence-corrected chi connectivity index (χ4v) is 2.82. The highest BCUT2D eigenvalue weighted by molar-refractivity contribution is 5.78. The van der Waals surface area contributed by atoms with E-state index in [-0.39, 0.29) is 11.8 Å². The molecule has 0 unspecified atom stereocenters. The van der Waals surface area contributed by atoms with Crippen molar-refractivity contribution < 1.29 is 4.79 Å². The third kappa shape index (κ3) is 2.84. The second-order valence-electron chi connectivity index (χ2n) is 5.89. The molecule has 0 N–H and O–H groups in total. The molecule has 0 saturated carbocycles. The van der Waals surface area contributed by atoms with Gasteiger partial charge in [-0.05, 0) is 5.56 Å². The van der Waals surface area contributed by atoms with E-state index >= 15 is 0 Å². The number of fused-ring (bicyclic) bond motifs is 1. The van der Waals surface area contributed by atoms with E-state index in [4.69, 9.17) is 0 Å². The molecule has 110 valence electrons. The van der Waals surface area contributed by atoms with E-state index in [1.165, 1.54) is 11.3 Å². The summed E-state index contributed by atoms with van der Waals surface area (Å²) in [5.41, 5.74) is 2.52. The van der Waals surface area contributed by atoms with Crippen molar-refractivity contribution in [2.45, 2.75) is 33.4 Å². The largest absolute Gasteiger partial charge is 0.333 e. The van der Waals surface area contributed by atoms with E-state index in [1.807, 2.05) is 31.0 Å². The molecule has 0 radical (unpaired) electrons. The van der Waals surface area contributed by atoms with Gasteiger partial charge in [0.2, 0.25) is 5.91 Å². The quantitative estimate of drug-likeness (QED) is 0.868. The van der Waals surface area contributed by atoms with E-state index < -0.39 is 0 Å². The van der Waals surface area contributed by atoms with Gasteiger partial charge in [0.25, 0.3) is 0 Å². The first kappa shape index (κ1) is 13.9. The summed E-state index contributed by atoms with van der Waals surface area (Å²) in [5.74, 6) is 1.27. The molecule has 3 rings (SSSR count). The van der Waals surface area contributed by atoms with Crippen molar-refractivity contribution in [1.82, 2.24) is 14.5 Å². The maximum Gasteiger partial charge on any atom is 0.225 e. The highest BCUT2D eigenvalue weighted by Gasteiger charge is 2.24. The average molecular weight is 283 g/mol. The van der Waals surface area contributed by atoms with Crippen LogP contribution in [-0.2, 0) is 24.3 Å². The van der Waals surface area contributed by atoms with Crippen molar-refractivity contribution in [3.63, 3.8) is 0 Å². The minimum Gasteiger partial charge on any atom is -0.333 e. The summed E-state index contributed by atoms with van der Waals surface area (Å²) in [7, 11) is 0. The first-order valence-electron chi connectivity index (χ1n) is 7.51. The summed E-state index contributed by atoms with van der Waals surface area (Å²) in [4.78, 5) is 18.5. The van der Waals surface area contributed by atoms with Crippen molar-refractivity contribution in [2.75, 3.05) is 6.54 Å². The predicted octanol–water partition coefficient (Wildman–Crippen LogP) is 2.47. The Morgan fingerprint density at radius 1 is 1.24 bits per heavy atom. The first-order chi connectivity index (χ1) is 10.1. The minimum absolute atomic E-state index is 0.0512. The average Bonchev–Trinajstić information content (AvgIpc) is 2.90. The van der Waals surface area contributed by atoms with Gasteiger partial charge in [-0.2, -0.15) is 0 Å². The summed E-state index contributed by atoms with van der Waals surface area (Å²) < 4.78 is 2.26. The Morgan fingerprint density at radius 2 is 2.00 bits per heavy atom. The lowest BCUT2D eigenvalue weighted by Crippen LogP contribution is -2.40. The number of benzene rings is 1. The fourth-order valence-electron chi connectivity index (χ4n) is 2.82. The molecule has 1 aliphatic rings.